The molecule has 0 aliphatic carbocycles. The van der Waals surface area contributed by atoms with Gasteiger partial charge in [0, 0.05) is 18.4 Å². The smallest absolute Gasteiger partial charge is 0.406 e. The van der Waals surface area contributed by atoms with Gasteiger partial charge in [-0.05, 0) is 60.4 Å². The number of rotatable bonds is 7. The molecule has 0 radical (unpaired) electrons. The Morgan fingerprint density at radius 1 is 1.00 bits per heavy atom. The zero-order valence-corrected chi connectivity index (χ0v) is 19.9. The first-order chi connectivity index (χ1) is 16.7. The second kappa shape index (κ2) is 10.6. The molecule has 0 saturated heterocycles. The third-order valence-electron chi connectivity index (χ3n) is 5.75. The molecule has 6 nitrogen and oxygen atoms in total. The molecule has 0 bridgehead atoms. The number of benzene rings is 3. The van der Waals surface area contributed by atoms with Crippen LogP contribution in [0.3, 0.4) is 0 Å². The number of alkyl halides is 3. The van der Waals surface area contributed by atoms with Crippen molar-refractivity contribution in [3.05, 3.63) is 83.9 Å². The Morgan fingerprint density at radius 3 is 2.06 bits per heavy atom. The number of β-amino-alcohol motifs (C(OH)–C–C–N with tert-alkyl or cyclic N) is 1. The van der Waals surface area contributed by atoms with Crippen molar-refractivity contribution in [3.63, 3.8) is 0 Å². The van der Waals surface area contributed by atoms with Gasteiger partial charge in [-0.15, -0.1) is 13.2 Å². The lowest BCUT2D eigenvalue weighted by atomic mass is 10.0. The van der Waals surface area contributed by atoms with Gasteiger partial charge < -0.3 is 14.7 Å². The van der Waals surface area contributed by atoms with Crippen LogP contribution >= 0.6 is 0 Å². The normalized spacial score (nSPS) is 15.1. The Labute approximate surface area is 203 Å². The van der Waals surface area contributed by atoms with Gasteiger partial charge in [-0.3, -0.25) is 4.31 Å². The fourth-order valence-corrected chi connectivity index (χ4v) is 5.11. The van der Waals surface area contributed by atoms with Crippen molar-refractivity contribution in [2.45, 2.75) is 25.3 Å². The van der Waals surface area contributed by atoms with E-state index in [2.05, 4.69) is 26.1 Å². The van der Waals surface area contributed by atoms with Crippen molar-refractivity contribution in [1.29, 1.82) is 0 Å². The molecule has 0 saturated carbocycles. The van der Waals surface area contributed by atoms with Crippen LogP contribution in [0.15, 0.2) is 77.2 Å². The third kappa shape index (κ3) is 6.07. The molecule has 186 valence electrons. The largest absolute Gasteiger partial charge is 0.573 e. The summed E-state index contributed by atoms with van der Waals surface area (Å²) >= 11 is 0. The molecule has 1 unspecified atom stereocenters. The number of nitrogens with zero attached hydrogens (tertiary/aromatic N) is 3. The quantitative estimate of drug-likeness (QED) is 0.449. The van der Waals surface area contributed by atoms with E-state index >= 15 is 0 Å². The van der Waals surface area contributed by atoms with Gasteiger partial charge in [0.2, 0.25) is 0 Å². The molecule has 1 heterocycles. The maximum atomic E-state index is 12.7. The minimum absolute atomic E-state index is 0.0349. The minimum atomic E-state index is -4.80. The van der Waals surface area contributed by atoms with Gasteiger partial charge in [0.05, 0.1) is 24.9 Å². The number of hydrogen-bond acceptors (Lipinski definition) is 5. The fourth-order valence-electron chi connectivity index (χ4n) is 4.24. The van der Waals surface area contributed by atoms with Crippen molar-refractivity contribution in [2.75, 3.05) is 29.3 Å². The molecule has 10 heteroatoms. The number of anilines is 3. The molecule has 0 amide bonds. The average molecular weight is 506 g/mol. The molecule has 3 aromatic carbocycles. The molecule has 1 aliphatic rings. The first kappa shape index (κ1) is 24.9. The first-order valence-corrected chi connectivity index (χ1v) is 12.2. The summed E-state index contributed by atoms with van der Waals surface area (Å²) in [5, 5.41) is 11.1. The Morgan fingerprint density at radius 2 is 1.54 bits per heavy atom. The summed E-state index contributed by atoms with van der Waals surface area (Å²) < 4.78 is 59.3. The molecule has 35 heavy (non-hydrogen) atoms. The van der Waals surface area contributed by atoms with E-state index in [0.717, 1.165) is 36.3 Å². The number of ether oxygens (including phenoxy) is 1. The number of hydrogen-bond donors (Lipinski definition) is 2. The van der Waals surface area contributed by atoms with E-state index in [0.29, 0.717) is 5.69 Å². The van der Waals surface area contributed by atoms with Crippen molar-refractivity contribution >= 4 is 27.8 Å². The highest BCUT2D eigenvalue weighted by atomic mass is 32.2. The number of aliphatic hydroxyl groups excluding tert-OH is 1. The number of aryl methyl sites for hydroxylation is 2. The lowest BCUT2D eigenvalue weighted by Crippen LogP contribution is -2.38. The number of thiol groups is 1. The number of para-hydroxylation sites is 2. The van der Waals surface area contributed by atoms with E-state index in [1.54, 1.807) is 0 Å². The third-order valence-corrected chi connectivity index (χ3v) is 6.90. The molecule has 0 spiro atoms. The number of halogens is 3. The SMILES string of the molecule is C/N=[SH](=O)\N(C[C@H](O)CN1c2ccccc2CCc2ccccc21)c1ccc(OC(F)(F)F)cc1. The maximum absolute atomic E-state index is 12.7. The molecule has 0 fully saturated rings. The van der Waals surface area contributed by atoms with E-state index in [9.17, 15) is 22.5 Å². The highest BCUT2D eigenvalue weighted by molar-refractivity contribution is 7.76. The fraction of sp³-hybridized carbons (Fsp3) is 0.280. The molecule has 1 aliphatic heterocycles. The zero-order chi connectivity index (χ0) is 25.0. The van der Waals surface area contributed by atoms with Gasteiger partial charge in [0.15, 0.2) is 0 Å². The summed E-state index contributed by atoms with van der Waals surface area (Å²) in [5.41, 5.74) is 4.70. The summed E-state index contributed by atoms with van der Waals surface area (Å²) in [4.78, 5) is 2.07. The predicted octanol–water partition coefficient (Wildman–Crippen LogP) is 4.90. The van der Waals surface area contributed by atoms with Gasteiger partial charge >= 0.3 is 6.36 Å². The van der Waals surface area contributed by atoms with E-state index in [-0.39, 0.29) is 18.8 Å². The summed E-state index contributed by atoms with van der Waals surface area (Å²) in [7, 11) is -0.864. The van der Waals surface area contributed by atoms with Crippen LogP contribution in [0, 0.1) is 0 Å². The molecule has 1 N–H and O–H groups in total. The maximum Gasteiger partial charge on any atom is 0.573 e. The van der Waals surface area contributed by atoms with Gasteiger partial charge in [0.1, 0.15) is 16.5 Å². The highest BCUT2D eigenvalue weighted by Crippen LogP contribution is 2.36. The standard InChI is InChI=1S/C25H26F3N3O3S/c1-29-35(33)31(20-12-14-22(15-13-20)34-25(26,27)28)17-21(32)16-30-23-8-4-2-6-18(23)10-11-19-7-3-5-9-24(19)30/h2-9,12-15,21,32,35H,10-11,16-17H2,1H3/t21-/m1/s1. The van der Waals surface area contributed by atoms with Crippen LogP contribution < -0.4 is 13.9 Å². The van der Waals surface area contributed by atoms with Crippen LogP contribution in [0.2, 0.25) is 0 Å². The van der Waals surface area contributed by atoms with Crippen LogP contribution in [0.1, 0.15) is 11.1 Å². The second-order valence-corrected chi connectivity index (χ2v) is 9.49. The molecule has 0 aromatic heterocycles. The Balaban J connectivity index is 1.58. The van der Waals surface area contributed by atoms with Gasteiger partial charge in [-0.1, -0.05) is 36.4 Å². The lowest BCUT2D eigenvalue weighted by Gasteiger charge is -2.31. The Bertz CT molecular complexity index is 1200. The predicted molar refractivity (Wildman–Crippen MR) is 132 cm³/mol. The summed E-state index contributed by atoms with van der Waals surface area (Å²) in [6.45, 7) is 0.194. The molecule has 2 atom stereocenters. The van der Waals surface area contributed by atoms with Crippen molar-refractivity contribution in [3.8, 4) is 5.75 Å². The average Bonchev–Trinajstić information content (AvgIpc) is 2.99. The Kier molecular flexibility index (Phi) is 7.51. The molecule has 3 aromatic rings. The minimum Gasteiger partial charge on any atom is -0.406 e. The van der Waals surface area contributed by atoms with Crippen LogP contribution in [-0.2, 0) is 23.6 Å². The molecule has 4 rings (SSSR count). The van der Waals surface area contributed by atoms with E-state index in [1.807, 2.05) is 36.4 Å². The highest BCUT2D eigenvalue weighted by Gasteiger charge is 2.31. The van der Waals surface area contributed by atoms with E-state index in [1.165, 1.54) is 34.6 Å². The van der Waals surface area contributed by atoms with Gasteiger partial charge in [-0.25, -0.2) is 8.57 Å². The zero-order valence-electron chi connectivity index (χ0n) is 19.0. The summed E-state index contributed by atoms with van der Waals surface area (Å²) in [6.07, 6.45) is -4.00. The Hall–Kier alpha value is -3.24. The molecular weight excluding hydrogens is 479 g/mol. The van der Waals surface area contributed by atoms with Crippen molar-refractivity contribution in [1.82, 2.24) is 0 Å². The number of fused-ring (bicyclic) bond motifs is 2. The van der Waals surface area contributed by atoms with Crippen LogP contribution in [0.4, 0.5) is 30.2 Å². The molecular formula is C25H26F3N3O3S. The topological polar surface area (TPSA) is 65.4 Å². The summed E-state index contributed by atoms with van der Waals surface area (Å²) in [6, 6.07) is 21.1. The van der Waals surface area contributed by atoms with Gasteiger partial charge in [0.25, 0.3) is 0 Å². The first-order valence-electron chi connectivity index (χ1n) is 11.1. The van der Waals surface area contributed by atoms with E-state index < -0.39 is 23.2 Å². The summed E-state index contributed by atoms with van der Waals surface area (Å²) in [5.74, 6) is -0.386. The van der Waals surface area contributed by atoms with Crippen LogP contribution in [0.5, 0.6) is 5.75 Å². The van der Waals surface area contributed by atoms with Crippen molar-refractivity contribution < 1.29 is 27.2 Å². The number of aliphatic hydroxyl groups is 1. The van der Waals surface area contributed by atoms with Crippen molar-refractivity contribution in [2.24, 2.45) is 4.36 Å². The van der Waals surface area contributed by atoms with Crippen LogP contribution in [0.25, 0.3) is 0 Å². The monoisotopic (exact) mass is 505 g/mol. The second-order valence-electron chi connectivity index (χ2n) is 8.10. The van der Waals surface area contributed by atoms with E-state index in [4.69, 9.17) is 0 Å². The lowest BCUT2D eigenvalue weighted by molar-refractivity contribution is -0.274. The van der Waals surface area contributed by atoms with Crippen LogP contribution in [-0.4, -0.2) is 41.9 Å². The van der Waals surface area contributed by atoms with Gasteiger partial charge in [-0.2, -0.15) is 0 Å².